The predicted molar refractivity (Wildman–Crippen MR) is 326 cm³/mol. The summed E-state index contributed by atoms with van der Waals surface area (Å²) in [5.41, 5.74) is 0. The van der Waals surface area contributed by atoms with Gasteiger partial charge in [-0.25, -0.2) is 9.13 Å². The molecule has 0 aromatic heterocycles. The molecule has 0 aliphatic carbocycles. The highest BCUT2D eigenvalue weighted by Crippen LogP contribution is 2.45. The average Bonchev–Trinajstić information content (AvgIpc) is 3.49. The summed E-state index contributed by atoms with van der Waals surface area (Å²) in [5.74, 6) is -2.14. The second-order valence-corrected chi connectivity index (χ2v) is 25.7. The molecule has 0 aliphatic rings. The summed E-state index contributed by atoms with van der Waals surface area (Å²) in [6.07, 6.45) is 43.3. The minimum Gasteiger partial charge on any atom is -0.462 e. The molecule has 0 fully saturated rings. The molecule has 0 saturated heterocycles. The molecule has 0 aromatic carbocycles. The highest BCUT2D eigenvalue weighted by atomic mass is 31.2. The van der Waals surface area contributed by atoms with Crippen LogP contribution in [0.3, 0.4) is 0 Å². The zero-order valence-electron chi connectivity index (χ0n) is 52.5. The van der Waals surface area contributed by atoms with Crippen molar-refractivity contribution < 1.29 is 80.2 Å². The topological polar surface area (TPSA) is 237 Å². The van der Waals surface area contributed by atoms with Gasteiger partial charge in [0.05, 0.1) is 26.4 Å². The van der Waals surface area contributed by atoms with E-state index >= 15 is 0 Å². The summed E-state index contributed by atoms with van der Waals surface area (Å²) in [6, 6.07) is 0. The minimum atomic E-state index is -4.94. The second-order valence-electron chi connectivity index (χ2n) is 22.8. The van der Waals surface area contributed by atoms with E-state index in [-0.39, 0.29) is 25.7 Å². The first-order chi connectivity index (χ1) is 39.7. The van der Waals surface area contributed by atoms with Crippen LogP contribution in [0.15, 0.2) is 0 Å². The summed E-state index contributed by atoms with van der Waals surface area (Å²) in [4.78, 5) is 71.9. The summed E-state index contributed by atoms with van der Waals surface area (Å²) in [5, 5.41) is 10.5. The fraction of sp³-hybridized carbons (Fsp3) is 0.937. The summed E-state index contributed by atoms with van der Waals surface area (Å²) >= 11 is 0. The average molecular weight is 1210 g/mol. The highest BCUT2D eigenvalue weighted by molar-refractivity contribution is 7.47. The molecule has 3 N–H and O–H groups in total. The smallest absolute Gasteiger partial charge is 0.462 e. The van der Waals surface area contributed by atoms with E-state index in [2.05, 4.69) is 27.7 Å². The molecule has 0 heterocycles. The standard InChI is InChI=1S/C63H122O17P2/c1-5-9-13-17-21-23-25-26-27-28-29-30-32-34-38-42-46-50-63(68)80-59(54-74-61(66)48-44-40-37-33-31-24-22-18-14-10-6-2)56-78-82(71,72)76-52-57(64)51-75-81(69,70)77-55-58(79-62(67)49-45-41-36-20-16-12-8-4)53-73-60(65)47-43-39-35-19-15-11-7-3/h57-59,64H,5-56H2,1-4H3,(H,69,70)(H,71,72)/t57-,58+,59+/m0/s1. The van der Waals surface area contributed by atoms with Gasteiger partial charge in [0, 0.05) is 25.7 Å². The Hall–Kier alpha value is -1.94. The molecule has 0 saturated carbocycles. The van der Waals surface area contributed by atoms with Gasteiger partial charge in [-0.15, -0.1) is 0 Å². The van der Waals surface area contributed by atoms with Crippen LogP contribution in [0, 0.1) is 0 Å². The molecule has 486 valence electrons. The number of phosphoric acid groups is 2. The first-order valence-corrected chi connectivity index (χ1v) is 36.3. The first kappa shape index (κ1) is 80.1. The van der Waals surface area contributed by atoms with E-state index in [0.717, 1.165) is 116 Å². The second kappa shape index (κ2) is 58.1. The monoisotopic (exact) mass is 1210 g/mol. The van der Waals surface area contributed by atoms with Gasteiger partial charge >= 0.3 is 39.5 Å². The molecular formula is C63H122O17P2. The molecule has 0 radical (unpaired) electrons. The third-order valence-corrected chi connectivity index (χ3v) is 16.5. The van der Waals surface area contributed by atoms with Crippen molar-refractivity contribution in [1.82, 2.24) is 0 Å². The van der Waals surface area contributed by atoms with Crippen LogP contribution in [-0.2, 0) is 65.4 Å². The number of hydrogen-bond acceptors (Lipinski definition) is 15. The number of aliphatic hydroxyl groups excluding tert-OH is 1. The third-order valence-electron chi connectivity index (χ3n) is 14.6. The highest BCUT2D eigenvalue weighted by Gasteiger charge is 2.30. The number of hydrogen-bond donors (Lipinski definition) is 3. The van der Waals surface area contributed by atoms with Crippen molar-refractivity contribution in [3.8, 4) is 0 Å². The van der Waals surface area contributed by atoms with Gasteiger partial charge in [-0.3, -0.25) is 37.3 Å². The van der Waals surface area contributed by atoms with Gasteiger partial charge in [0.25, 0.3) is 0 Å². The zero-order valence-corrected chi connectivity index (χ0v) is 54.2. The van der Waals surface area contributed by atoms with Gasteiger partial charge in [0.1, 0.15) is 19.3 Å². The zero-order chi connectivity index (χ0) is 60.5. The van der Waals surface area contributed by atoms with Crippen LogP contribution < -0.4 is 0 Å². The first-order valence-electron chi connectivity index (χ1n) is 33.3. The number of esters is 4. The quantitative estimate of drug-likeness (QED) is 0.0222. The number of unbranched alkanes of at least 4 members (excludes halogenated alkanes) is 38. The summed E-state index contributed by atoms with van der Waals surface area (Å²) in [7, 11) is -9.87. The summed E-state index contributed by atoms with van der Waals surface area (Å²) < 4.78 is 67.8. The van der Waals surface area contributed by atoms with E-state index in [4.69, 9.17) is 37.0 Å². The normalized spacial score (nSPS) is 14.2. The van der Waals surface area contributed by atoms with E-state index in [9.17, 15) is 43.2 Å². The number of phosphoric ester groups is 2. The molecule has 0 aliphatic heterocycles. The SMILES string of the molecule is CCCCCCCCCCCCCCCCCCCC(=O)O[C@H](COC(=O)CCCCCCCCCCCCC)COP(=O)(O)OC[C@@H](O)COP(=O)(O)OC[C@@H](COC(=O)CCCCCCCCC)OC(=O)CCCCCCCCC. The van der Waals surface area contributed by atoms with Crippen molar-refractivity contribution in [1.29, 1.82) is 0 Å². The van der Waals surface area contributed by atoms with Crippen LogP contribution >= 0.6 is 15.6 Å². The Bertz CT molecular complexity index is 1590. The van der Waals surface area contributed by atoms with Gasteiger partial charge in [0.15, 0.2) is 12.2 Å². The Morgan fingerprint density at radius 3 is 0.720 bits per heavy atom. The van der Waals surface area contributed by atoms with Crippen molar-refractivity contribution in [2.24, 2.45) is 0 Å². The number of aliphatic hydroxyl groups is 1. The van der Waals surface area contributed by atoms with Crippen LogP contribution in [0.4, 0.5) is 0 Å². The number of rotatable bonds is 64. The van der Waals surface area contributed by atoms with Crippen molar-refractivity contribution >= 4 is 39.5 Å². The molecule has 2 unspecified atom stereocenters. The predicted octanol–water partition coefficient (Wildman–Crippen LogP) is 17.5. The van der Waals surface area contributed by atoms with E-state index < -0.39 is 97.5 Å². The van der Waals surface area contributed by atoms with Gasteiger partial charge in [0.2, 0.25) is 0 Å². The van der Waals surface area contributed by atoms with Crippen molar-refractivity contribution in [3.63, 3.8) is 0 Å². The van der Waals surface area contributed by atoms with Crippen molar-refractivity contribution in [2.75, 3.05) is 39.6 Å². The third kappa shape index (κ3) is 57.2. The number of carbonyl (C=O) groups excluding carboxylic acids is 4. The maximum absolute atomic E-state index is 13.0. The van der Waals surface area contributed by atoms with Crippen molar-refractivity contribution in [3.05, 3.63) is 0 Å². The van der Waals surface area contributed by atoms with E-state index in [1.807, 2.05) is 0 Å². The summed E-state index contributed by atoms with van der Waals surface area (Å²) in [6.45, 7) is 4.80. The van der Waals surface area contributed by atoms with Gasteiger partial charge < -0.3 is 33.8 Å². The lowest BCUT2D eigenvalue weighted by atomic mass is 10.0. The van der Waals surface area contributed by atoms with Crippen LogP contribution in [0.25, 0.3) is 0 Å². The van der Waals surface area contributed by atoms with Crippen LogP contribution in [0.1, 0.15) is 323 Å². The lowest BCUT2D eigenvalue weighted by molar-refractivity contribution is -0.161. The molecule has 82 heavy (non-hydrogen) atoms. The molecule has 5 atom stereocenters. The molecule has 0 rings (SSSR count). The Labute approximate surface area is 498 Å². The van der Waals surface area contributed by atoms with Crippen LogP contribution in [-0.4, -0.2) is 96.7 Å². The lowest BCUT2D eigenvalue weighted by Crippen LogP contribution is -2.30. The molecular weight excluding hydrogens is 1090 g/mol. The molecule has 0 amide bonds. The minimum absolute atomic E-state index is 0.104. The largest absolute Gasteiger partial charge is 0.472 e. The molecule has 0 spiro atoms. The van der Waals surface area contributed by atoms with Crippen LogP contribution in [0.2, 0.25) is 0 Å². The van der Waals surface area contributed by atoms with Gasteiger partial charge in [-0.1, -0.05) is 272 Å². The Balaban J connectivity index is 5.15. The van der Waals surface area contributed by atoms with Crippen molar-refractivity contribution in [2.45, 2.75) is 341 Å². The molecule has 19 heteroatoms. The number of carbonyl (C=O) groups is 4. The lowest BCUT2D eigenvalue weighted by Gasteiger charge is -2.21. The number of ether oxygens (including phenoxy) is 4. The molecule has 0 aromatic rings. The van der Waals surface area contributed by atoms with Gasteiger partial charge in [-0.05, 0) is 25.7 Å². The van der Waals surface area contributed by atoms with E-state index in [1.165, 1.54) is 128 Å². The van der Waals surface area contributed by atoms with Gasteiger partial charge in [-0.2, -0.15) is 0 Å². The Morgan fingerprint density at radius 2 is 0.488 bits per heavy atom. The van der Waals surface area contributed by atoms with E-state index in [1.54, 1.807) is 0 Å². The molecule has 17 nitrogen and oxygen atoms in total. The fourth-order valence-electron chi connectivity index (χ4n) is 9.46. The van der Waals surface area contributed by atoms with Crippen LogP contribution in [0.5, 0.6) is 0 Å². The fourth-order valence-corrected chi connectivity index (χ4v) is 11.0. The Kier molecular flexibility index (Phi) is 56.7. The Morgan fingerprint density at radius 1 is 0.293 bits per heavy atom. The maximum Gasteiger partial charge on any atom is 0.472 e. The maximum atomic E-state index is 13.0. The molecule has 0 bridgehead atoms. The van der Waals surface area contributed by atoms with E-state index in [0.29, 0.717) is 25.7 Å².